The second kappa shape index (κ2) is 10.4. The van der Waals surface area contributed by atoms with Crippen molar-refractivity contribution in [1.82, 2.24) is 15.2 Å². The molecule has 164 valence electrons. The fourth-order valence-corrected chi connectivity index (χ4v) is 3.41. The largest absolute Gasteiger partial charge is 0.497 e. The van der Waals surface area contributed by atoms with Crippen LogP contribution in [0.25, 0.3) is 0 Å². The average molecular weight is 426 g/mol. The van der Waals surface area contributed by atoms with E-state index in [1.165, 1.54) is 14.2 Å². The van der Waals surface area contributed by atoms with Crippen LogP contribution in [-0.2, 0) is 9.59 Å². The van der Waals surface area contributed by atoms with Crippen LogP contribution in [0.3, 0.4) is 0 Å². The Balaban J connectivity index is 1.45. The maximum Gasteiger partial charge on any atom is 0.313 e. The molecule has 1 aromatic heterocycles. The number of amides is 3. The lowest BCUT2D eigenvalue weighted by atomic mass is 9.96. The number of likely N-dealkylation sites (tertiary alicyclic amines) is 1. The normalized spacial score (nSPS) is 13.9. The first kappa shape index (κ1) is 22.1. The van der Waals surface area contributed by atoms with Gasteiger partial charge >= 0.3 is 11.8 Å². The fraction of sp³-hybridized carbons (Fsp3) is 0.364. The molecule has 3 rings (SSSR count). The van der Waals surface area contributed by atoms with Crippen molar-refractivity contribution < 1.29 is 23.9 Å². The topological polar surface area (TPSA) is 110 Å². The van der Waals surface area contributed by atoms with Gasteiger partial charge in [-0.15, -0.1) is 0 Å². The Bertz CT molecular complexity index is 927. The Hall–Kier alpha value is -3.62. The minimum Gasteiger partial charge on any atom is -0.497 e. The number of nitrogens with one attached hydrogen (secondary N) is 2. The molecule has 1 aromatic carbocycles. The van der Waals surface area contributed by atoms with Gasteiger partial charge < -0.3 is 25.0 Å². The first-order valence-electron chi connectivity index (χ1n) is 10.0. The molecule has 0 atom stereocenters. The van der Waals surface area contributed by atoms with Crippen LogP contribution in [0.15, 0.2) is 42.7 Å². The zero-order valence-electron chi connectivity index (χ0n) is 17.6. The summed E-state index contributed by atoms with van der Waals surface area (Å²) in [6, 6.07) is 8.38. The molecular weight excluding hydrogens is 400 g/mol. The van der Waals surface area contributed by atoms with E-state index in [4.69, 9.17) is 9.47 Å². The summed E-state index contributed by atoms with van der Waals surface area (Å²) < 4.78 is 10.3. The van der Waals surface area contributed by atoms with E-state index in [1.54, 1.807) is 47.6 Å². The molecule has 1 aliphatic heterocycles. The summed E-state index contributed by atoms with van der Waals surface area (Å²) in [5, 5.41) is 5.23. The number of nitrogens with zero attached hydrogens (tertiary/aromatic N) is 2. The van der Waals surface area contributed by atoms with Gasteiger partial charge in [0.15, 0.2) is 0 Å². The first-order valence-corrected chi connectivity index (χ1v) is 10.0. The lowest BCUT2D eigenvalue weighted by Crippen LogP contribution is -2.43. The average Bonchev–Trinajstić information content (AvgIpc) is 2.83. The van der Waals surface area contributed by atoms with Gasteiger partial charge in [-0.2, -0.15) is 0 Å². The number of anilines is 1. The number of carbonyl (C=O) groups excluding carboxylic acids is 3. The number of ether oxygens (including phenoxy) is 2. The fourth-order valence-electron chi connectivity index (χ4n) is 3.41. The Kier molecular flexibility index (Phi) is 7.42. The van der Waals surface area contributed by atoms with Gasteiger partial charge in [-0.1, -0.05) is 0 Å². The summed E-state index contributed by atoms with van der Waals surface area (Å²) in [5.41, 5.74) is 0.950. The van der Waals surface area contributed by atoms with Gasteiger partial charge in [0.25, 0.3) is 5.91 Å². The van der Waals surface area contributed by atoms with Crippen molar-refractivity contribution >= 4 is 23.4 Å². The third-order valence-electron chi connectivity index (χ3n) is 5.22. The third kappa shape index (κ3) is 5.71. The van der Waals surface area contributed by atoms with Crippen molar-refractivity contribution in [3.8, 4) is 11.5 Å². The monoisotopic (exact) mass is 426 g/mol. The van der Waals surface area contributed by atoms with Crippen LogP contribution < -0.4 is 20.1 Å². The number of hydrogen-bond donors (Lipinski definition) is 2. The number of hydrogen-bond acceptors (Lipinski definition) is 6. The lowest BCUT2D eigenvalue weighted by molar-refractivity contribution is -0.136. The molecule has 2 heterocycles. The summed E-state index contributed by atoms with van der Waals surface area (Å²) in [6.45, 7) is 1.58. The van der Waals surface area contributed by atoms with E-state index in [1.807, 2.05) is 0 Å². The van der Waals surface area contributed by atoms with Crippen LogP contribution in [0.1, 0.15) is 23.2 Å². The predicted octanol–water partition coefficient (Wildman–Crippen LogP) is 1.71. The van der Waals surface area contributed by atoms with E-state index in [0.717, 1.165) is 12.8 Å². The highest BCUT2D eigenvalue weighted by atomic mass is 16.5. The van der Waals surface area contributed by atoms with Gasteiger partial charge in [0.05, 0.1) is 25.5 Å². The molecule has 0 bridgehead atoms. The van der Waals surface area contributed by atoms with Crippen molar-refractivity contribution in [3.63, 3.8) is 0 Å². The van der Waals surface area contributed by atoms with Crippen LogP contribution in [0.2, 0.25) is 0 Å². The molecule has 0 spiro atoms. The minimum atomic E-state index is -0.771. The van der Waals surface area contributed by atoms with Crippen LogP contribution in [0.5, 0.6) is 11.5 Å². The van der Waals surface area contributed by atoms with Crippen molar-refractivity contribution in [2.75, 3.05) is 39.2 Å². The summed E-state index contributed by atoms with van der Waals surface area (Å²) in [5.74, 6) is -0.355. The summed E-state index contributed by atoms with van der Waals surface area (Å²) in [4.78, 5) is 42.7. The second-order valence-electron chi connectivity index (χ2n) is 7.21. The number of aromatic nitrogens is 1. The van der Waals surface area contributed by atoms with Crippen LogP contribution in [-0.4, -0.2) is 61.5 Å². The van der Waals surface area contributed by atoms with E-state index >= 15 is 0 Å². The molecule has 1 aliphatic rings. The molecule has 31 heavy (non-hydrogen) atoms. The standard InChI is InChI=1S/C22H26N4O5/c1-30-17-5-6-18(19(12-17)31-2)25-21(28)20(27)24-13-15-7-10-26(11-8-15)22(29)16-4-3-9-23-14-16/h3-6,9,12,14-15H,7-8,10-11,13H2,1-2H3,(H,24,27)(H,25,28). The number of benzene rings is 1. The van der Waals surface area contributed by atoms with Gasteiger partial charge in [-0.25, -0.2) is 0 Å². The Labute approximate surface area is 180 Å². The Morgan fingerprint density at radius 1 is 1.10 bits per heavy atom. The highest BCUT2D eigenvalue weighted by molar-refractivity contribution is 6.39. The van der Waals surface area contributed by atoms with Gasteiger partial charge in [0, 0.05) is 38.1 Å². The first-order chi connectivity index (χ1) is 15.0. The predicted molar refractivity (Wildman–Crippen MR) is 114 cm³/mol. The molecule has 1 saturated heterocycles. The summed E-state index contributed by atoms with van der Waals surface area (Å²) in [6.07, 6.45) is 4.69. The summed E-state index contributed by atoms with van der Waals surface area (Å²) in [7, 11) is 3.00. The van der Waals surface area contributed by atoms with Crippen molar-refractivity contribution in [2.45, 2.75) is 12.8 Å². The number of carbonyl (C=O) groups is 3. The molecule has 2 N–H and O–H groups in total. The molecule has 0 saturated carbocycles. The molecule has 9 nitrogen and oxygen atoms in total. The maximum absolute atomic E-state index is 12.5. The number of rotatable bonds is 6. The van der Waals surface area contributed by atoms with Crippen molar-refractivity contribution in [1.29, 1.82) is 0 Å². The Morgan fingerprint density at radius 2 is 1.87 bits per heavy atom. The molecule has 0 unspecified atom stereocenters. The van der Waals surface area contributed by atoms with E-state index in [-0.39, 0.29) is 11.8 Å². The quantitative estimate of drug-likeness (QED) is 0.681. The van der Waals surface area contributed by atoms with Crippen LogP contribution in [0.4, 0.5) is 5.69 Å². The maximum atomic E-state index is 12.5. The van der Waals surface area contributed by atoms with Gasteiger partial charge in [-0.05, 0) is 43.0 Å². The van der Waals surface area contributed by atoms with E-state index in [0.29, 0.717) is 42.4 Å². The number of methoxy groups -OCH3 is 2. The number of pyridine rings is 1. The van der Waals surface area contributed by atoms with Crippen molar-refractivity contribution in [2.24, 2.45) is 5.92 Å². The third-order valence-corrected chi connectivity index (χ3v) is 5.22. The smallest absolute Gasteiger partial charge is 0.313 e. The van der Waals surface area contributed by atoms with E-state index in [9.17, 15) is 14.4 Å². The van der Waals surface area contributed by atoms with Crippen LogP contribution in [0, 0.1) is 5.92 Å². The van der Waals surface area contributed by atoms with E-state index < -0.39 is 11.8 Å². The Morgan fingerprint density at radius 3 is 2.52 bits per heavy atom. The molecule has 1 fully saturated rings. The van der Waals surface area contributed by atoms with Crippen LogP contribution >= 0.6 is 0 Å². The number of piperidine rings is 1. The van der Waals surface area contributed by atoms with Gasteiger partial charge in [0.1, 0.15) is 11.5 Å². The van der Waals surface area contributed by atoms with Crippen molar-refractivity contribution in [3.05, 3.63) is 48.3 Å². The molecule has 3 amide bonds. The SMILES string of the molecule is COc1ccc(NC(=O)C(=O)NCC2CCN(C(=O)c3cccnc3)CC2)c(OC)c1. The molecule has 2 aromatic rings. The van der Waals surface area contributed by atoms with Gasteiger partial charge in [0.2, 0.25) is 0 Å². The van der Waals surface area contributed by atoms with E-state index in [2.05, 4.69) is 15.6 Å². The zero-order valence-corrected chi connectivity index (χ0v) is 17.6. The molecule has 0 radical (unpaired) electrons. The second-order valence-corrected chi connectivity index (χ2v) is 7.21. The minimum absolute atomic E-state index is 0.0385. The van der Waals surface area contributed by atoms with Gasteiger partial charge in [-0.3, -0.25) is 19.4 Å². The molecule has 0 aliphatic carbocycles. The highest BCUT2D eigenvalue weighted by Gasteiger charge is 2.25. The molecule has 9 heteroatoms. The zero-order chi connectivity index (χ0) is 22.2. The lowest BCUT2D eigenvalue weighted by Gasteiger charge is -2.32. The highest BCUT2D eigenvalue weighted by Crippen LogP contribution is 2.29. The molecular formula is C22H26N4O5. The summed E-state index contributed by atoms with van der Waals surface area (Å²) >= 11 is 0.